The molecule has 1 heterocycles. The molecular weight excluding hydrogens is 338 g/mol. The van der Waals surface area contributed by atoms with Gasteiger partial charge in [-0.05, 0) is 73.3 Å². The second kappa shape index (κ2) is 5.94. The SMILES string of the molecule is CC1(C2CC2)CN(Cc2c(F)ccc(Br)c2F)CCCN1. The fourth-order valence-electron chi connectivity index (χ4n) is 3.34. The Kier molecular flexibility index (Phi) is 4.35. The molecule has 5 heteroatoms. The van der Waals surface area contributed by atoms with E-state index < -0.39 is 11.6 Å². The lowest BCUT2D eigenvalue weighted by molar-refractivity contribution is 0.191. The Morgan fingerprint density at radius 1 is 1.38 bits per heavy atom. The van der Waals surface area contributed by atoms with Crippen molar-refractivity contribution in [2.75, 3.05) is 19.6 Å². The van der Waals surface area contributed by atoms with Gasteiger partial charge >= 0.3 is 0 Å². The van der Waals surface area contributed by atoms with E-state index in [1.165, 1.54) is 25.0 Å². The van der Waals surface area contributed by atoms with Crippen LogP contribution in [0.3, 0.4) is 0 Å². The molecule has 1 unspecified atom stereocenters. The van der Waals surface area contributed by atoms with Gasteiger partial charge in [0.15, 0.2) is 0 Å². The predicted molar refractivity (Wildman–Crippen MR) is 83.1 cm³/mol. The Bertz CT molecular complexity index is 533. The molecule has 116 valence electrons. The number of nitrogens with one attached hydrogen (secondary N) is 1. The Hall–Kier alpha value is -0.520. The molecule has 3 rings (SSSR count). The second-order valence-electron chi connectivity index (χ2n) is 6.50. The first-order valence-corrected chi connectivity index (χ1v) is 8.39. The van der Waals surface area contributed by atoms with Crippen LogP contribution in [0.2, 0.25) is 0 Å². The van der Waals surface area contributed by atoms with Crippen LogP contribution in [0.5, 0.6) is 0 Å². The minimum atomic E-state index is -0.472. The average molecular weight is 359 g/mol. The summed E-state index contributed by atoms with van der Waals surface area (Å²) in [5.74, 6) is -0.225. The molecule has 2 fully saturated rings. The van der Waals surface area contributed by atoms with Crippen LogP contribution in [0.15, 0.2) is 16.6 Å². The van der Waals surface area contributed by atoms with Gasteiger partial charge in [-0.25, -0.2) is 8.78 Å². The standard InChI is InChI=1S/C16H21BrF2N2/c1-16(11-3-4-11)10-21(8-2-7-20-16)9-12-14(18)6-5-13(17)15(12)19/h5-6,11,20H,2-4,7-10H2,1H3. The predicted octanol–water partition coefficient (Wildman–Crippen LogP) is 3.69. The van der Waals surface area contributed by atoms with E-state index in [4.69, 9.17) is 0 Å². The summed E-state index contributed by atoms with van der Waals surface area (Å²) in [7, 11) is 0. The third kappa shape index (κ3) is 3.30. The fraction of sp³-hybridized carbons (Fsp3) is 0.625. The van der Waals surface area contributed by atoms with Crippen LogP contribution in [-0.4, -0.2) is 30.1 Å². The van der Waals surface area contributed by atoms with Crippen LogP contribution < -0.4 is 5.32 Å². The first kappa shape index (κ1) is 15.4. The van der Waals surface area contributed by atoms with Gasteiger partial charge in [-0.3, -0.25) is 4.90 Å². The highest BCUT2D eigenvalue weighted by Crippen LogP contribution is 2.40. The number of halogens is 3. The van der Waals surface area contributed by atoms with Gasteiger partial charge in [-0.1, -0.05) is 0 Å². The molecule has 2 nitrogen and oxygen atoms in total. The second-order valence-corrected chi connectivity index (χ2v) is 7.36. The monoisotopic (exact) mass is 358 g/mol. The van der Waals surface area contributed by atoms with Gasteiger partial charge in [0.1, 0.15) is 11.6 Å². The quantitative estimate of drug-likeness (QED) is 0.829. The van der Waals surface area contributed by atoms with Crippen molar-refractivity contribution in [3.05, 3.63) is 33.8 Å². The van der Waals surface area contributed by atoms with Crippen LogP contribution in [0.1, 0.15) is 31.7 Å². The van der Waals surface area contributed by atoms with Crippen LogP contribution >= 0.6 is 15.9 Å². The number of benzene rings is 1. The smallest absolute Gasteiger partial charge is 0.144 e. The van der Waals surface area contributed by atoms with Crippen molar-refractivity contribution in [3.8, 4) is 0 Å². The van der Waals surface area contributed by atoms with Gasteiger partial charge in [0.05, 0.1) is 4.47 Å². The molecule has 1 aromatic carbocycles. The van der Waals surface area contributed by atoms with Crippen molar-refractivity contribution in [2.45, 2.75) is 38.3 Å². The summed E-state index contributed by atoms with van der Waals surface area (Å²) in [6, 6.07) is 2.76. The van der Waals surface area contributed by atoms with Gasteiger partial charge in [0.25, 0.3) is 0 Å². The lowest BCUT2D eigenvalue weighted by Crippen LogP contribution is -2.50. The molecule has 1 aliphatic heterocycles. The van der Waals surface area contributed by atoms with Gasteiger partial charge < -0.3 is 5.32 Å². The molecule has 0 aromatic heterocycles. The van der Waals surface area contributed by atoms with E-state index in [2.05, 4.69) is 33.1 Å². The molecular formula is C16H21BrF2N2. The molecule has 1 saturated carbocycles. The zero-order valence-corrected chi connectivity index (χ0v) is 13.8. The lowest BCUT2D eigenvalue weighted by atomic mass is 9.95. The van der Waals surface area contributed by atoms with Gasteiger partial charge in [0, 0.05) is 24.2 Å². The summed E-state index contributed by atoms with van der Waals surface area (Å²) in [5, 5.41) is 3.64. The fourth-order valence-corrected chi connectivity index (χ4v) is 3.71. The van der Waals surface area contributed by atoms with E-state index in [-0.39, 0.29) is 11.1 Å². The van der Waals surface area contributed by atoms with E-state index in [0.717, 1.165) is 26.1 Å². The Morgan fingerprint density at radius 2 is 2.14 bits per heavy atom. The zero-order valence-electron chi connectivity index (χ0n) is 12.3. The van der Waals surface area contributed by atoms with Crippen molar-refractivity contribution in [3.63, 3.8) is 0 Å². The maximum Gasteiger partial charge on any atom is 0.144 e. The maximum atomic E-state index is 14.2. The van der Waals surface area contributed by atoms with E-state index >= 15 is 0 Å². The highest BCUT2D eigenvalue weighted by atomic mass is 79.9. The number of hydrogen-bond donors (Lipinski definition) is 1. The molecule has 0 bridgehead atoms. The van der Waals surface area contributed by atoms with E-state index in [1.54, 1.807) is 0 Å². The summed E-state index contributed by atoms with van der Waals surface area (Å²) in [4.78, 5) is 2.19. The third-order valence-electron chi connectivity index (χ3n) is 4.73. The molecule has 0 spiro atoms. The maximum absolute atomic E-state index is 14.2. The van der Waals surface area contributed by atoms with Crippen molar-refractivity contribution >= 4 is 15.9 Å². The van der Waals surface area contributed by atoms with E-state index in [1.807, 2.05) is 0 Å². The van der Waals surface area contributed by atoms with Crippen molar-refractivity contribution < 1.29 is 8.78 Å². The van der Waals surface area contributed by atoms with Crippen molar-refractivity contribution in [1.29, 1.82) is 0 Å². The third-order valence-corrected chi connectivity index (χ3v) is 5.34. The van der Waals surface area contributed by atoms with E-state index in [9.17, 15) is 8.78 Å². The van der Waals surface area contributed by atoms with Crippen molar-refractivity contribution in [1.82, 2.24) is 10.2 Å². The lowest BCUT2D eigenvalue weighted by Gasteiger charge is -2.34. The molecule has 21 heavy (non-hydrogen) atoms. The molecule has 2 aliphatic rings. The van der Waals surface area contributed by atoms with Gasteiger partial charge in [-0.15, -0.1) is 0 Å². The summed E-state index contributed by atoms with van der Waals surface area (Å²) < 4.78 is 28.4. The van der Waals surface area contributed by atoms with Gasteiger partial charge in [-0.2, -0.15) is 0 Å². The van der Waals surface area contributed by atoms with Crippen LogP contribution in [-0.2, 0) is 6.54 Å². The minimum Gasteiger partial charge on any atom is -0.310 e. The summed E-state index contributed by atoms with van der Waals surface area (Å²) in [6.45, 7) is 5.29. The van der Waals surface area contributed by atoms with Crippen LogP contribution in [0.25, 0.3) is 0 Å². The zero-order chi connectivity index (χ0) is 15.0. The minimum absolute atomic E-state index is 0.0788. The number of nitrogens with zero attached hydrogens (tertiary/aromatic N) is 1. The van der Waals surface area contributed by atoms with Crippen LogP contribution in [0.4, 0.5) is 8.78 Å². The summed E-state index contributed by atoms with van der Waals surface area (Å²) in [5.41, 5.74) is 0.250. The molecule has 1 atom stereocenters. The summed E-state index contributed by atoms with van der Waals surface area (Å²) >= 11 is 3.14. The highest BCUT2D eigenvalue weighted by molar-refractivity contribution is 9.10. The van der Waals surface area contributed by atoms with Gasteiger partial charge in [0.2, 0.25) is 0 Å². The topological polar surface area (TPSA) is 15.3 Å². The Balaban J connectivity index is 1.79. The largest absolute Gasteiger partial charge is 0.310 e. The summed E-state index contributed by atoms with van der Waals surface area (Å²) in [6.07, 6.45) is 3.54. The molecule has 0 radical (unpaired) electrons. The van der Waals surface area contributed by atoms with E-state index in [0.29, 0.717) is 16.9 Å². The Morgan fingerprint density at radius 3 is 2.86 bits per heavy atom. The Labute approximate surface area is 133 Å². The molecule has 1 N–H and O–H groups in total. The number of rotatable bonds is 3. The first-order chi connectivity index (χ1) is 9.99. The number of hydrogen-bond acceptors (Lipinski definition) is 2. The first-order valence-electron chi connectivity index (χ1n) is 7.59. The van der Waals surface area contributed by atoms with Crippen LogP contribution in [0, 0.1) is 17.6 Å². The average Bonchev–Trinajstić information content (AvgIpc) is 3.27. The molecule has 1 aromatic rings. The van der Waals surface area contributed by atoms with Crippen molar-refractivity contribution in [2.24, 2.45) is 5.92 Å². The molecule has 1 aliphatic carbocycles. The highest BCUT2D eigenvalue weighted by Gasteiger charge is 2.43. The molecule has 1 saturated heterocycles. The normalized spacial score (nSPS) is 27.6. The molecule has 0 amide bonds.